The van der Waals surface area contributed by atoms with Gasteiger partial charge in [0.15, 0.2) is 0 Å². The molecule has 25 heavy (non-hydrogen) atoms. The Kier molecular flexibility index (Phi) is 3.85. The third kappa shape index (κ3) is 3.06. The molecule has 5 nitrogen and oxygen atoms in total. The first-order chi connectivity index (χ1) is 12.2. The lowest BCUT2D eigenvalue weighted by Crippen LogP contribution is -2.18. The quantitative estimate of drug-likeness (QED) is 0.796. The van der Waals surface area contributed by atoms with E-state index >= 15 is 0 Å². The number of aromatic nitrogens is 2. The molecular formula is C19H15FN4O. The van der Waals surface area contributed by atoms with Gasteiger partial charge in [-0.25, -0.2) is 14.4 Å². The van der Waals surface area contributed by atoms with Crippen LogP contribution in [0.1, 0.15) is 15.9 Å². The predicted molar refractivity (Wildman–Crippen MR) is 93.5 cm³/mol. The Morgan fingerprint density at radius 2 is 1.88 bits per heavy atom. The van der Waals surface area contributed by atoms with Crippen LogP contribution in [0.4, 0.5) is 21.7 Å². The standard InChI is InChI=1S/C19H15FN4O/c20-15-5-3-6-16(10-15)23-18(25)14-11-21-19(22-12-14)24-9-8-13-4-1-2-7-17(13)24/h1-7,10-12H,8-9H2,(H,23,25). The van der Waals surface area contributed by atoms with E-state index < -0.39 is 5.82 Å². The van der Waals surface area contributed by atoms with Crippen molar-refractivity contribution in [2.24, 2.45) is 0 Å². The van der Waals surface area contributed by atoms with E-state index in [4.69, 9.17) is 0 Å². The molecule has 4 rings (SSSR count). The largest absolute Gasteiger partial charge is 0.322 e. The molecule has 1 aliphatic heterocycles. The highest BCUT2D eigenvalue weighted by atomic mass is 19.1. The smallest absolute Gasteiger partial charge is 0.258 e. The van der Waals surface area contributed by atoms with Crippen molar-refractivity contribution in [3.8, 4) is 0 Å². The van der Waals surface area contributed by atoms with E-state index in [0.717, 1.165) is 18.7 Å². The minimum absolute atomic E-state index is 0.320. The molecule has 0 aliphatic carbocycles. The average molecular weight is 334 g/mol. The van der Waals surface area contributed by atoms with Crippen LogP contribution < -0.4 is 10.2 Å². The summed E-state index contributed by atoms with van der Waals surface area (Å²) in [5, 5.41) is 2.63. The van der Waals surface area contributed by atoms with Crippen molar-refractivity contribution in [1.82, 2.24) is 9.97 Å². The lowest BCUT2D eigenvalue weighted by Gasteiger charge is -2.16. The van der Waals surface area contributed by atoms with Gasteiger partial charge in [0.05, 0.1) is 5.56 Å². The predicted octanol–water partition coefficient (Wildman–Crippen LogP) is 3.56. The molecular weight excluding hydrogens is 319 g/mol. The topological polar surface area (TPSA) is 58.1 Å². The van der Waals surface area contributed by atoms with Crippen molar-refractivity contribution < 1.29 is 9.18 Å². The molecule has 3 aromatic rings. The fourth-order valence-electron chi connectivity index (χ4n) is 2.89. The highest BCUT2D eigenvalue weighted by molar-refractivity contribution is 6.03. The number of nitrogens with one attached hydrogen (secondary N) is 1. The summed E-state index contributed by atoms with van der Waals surface area (Å²) in [6.07, 6.45) is 3.91. The van der Waals surface area contributed by atoms with Crippen LogP contribution in [0.3, 0.4) is 0 Å². The van der Waals surface area contributed by atoms with Crippen LogP contribution in [0, 0.1) is 5.82 Å². The van der Waals surface area contributed by atoms with Crippen LogP contribution in [0.2, 0.25) is 0 Å². The first-order valence-electron chi connectivity index (χ1n) is 7.95. The maximum Gasteiger partial charge on any atom is 0.258 e. The molecule has 0 unspecified atom stereocenters. The zero-order chi connectivity index (χ0) is 17.2. The second-order valence-electron chi connectivity index (χ2n) is 5.77. The van der Waals surface area contributed by atoms with Gasteiger partial charge in [-0.3, -0.25) is 4.79 Å². The molecule has 0 atom stereocenters. The van der Waals surface area contributed by atoms with E-state index in [2.05, 4.69) is 21.4 Å². The number of rotatable bonds is 3. The fraction of sp³-hybridized carbons (Fsp3) is 0.105. The van der Waals surface area contributed by atoms with E-state index in [1.54, 1.807) is 6.07 Å². The Hall–Kier alpha value is -3.28. The SMILES string of the molecule is O=C(Nc1cccc(F)c1)c1cnc(N2CCc3ccccc32)nc1. The summed E-state index contributed by atoms with van der Waals surface area (Å²) in [6.45, 7) is 0.814. The highest BCUT2D eigenvalue weighted by Crippen LogP contribution is 2.31. The molecule has 1 aliphatic rings. The Balaban J connectivity index is 1.52. The lowest BCUT2D eigenvalue weighted by molar-refractivity contribution is 0.102. The molecule has 1 N–H and O–H groups in total. The molecule has 2 aromatic carbocycles. The summed E-state index contributed by atoms with van der Waals surface area (Å²) < 4.78 is 13.2. The number of hydrogen-bond acceptors (Lipinski definition) is 4. The summed E-state index contributed by atoms with van der Waals surface area (Å²) in [4.78, 5) is 22.9. The first kappa shape index (κ1) is 15.3. The van der Waals surface area contributed by atoms with E-state index in [0.29, 0.717) is 17.2 Å². The summed E-state index contributed by atoms with van der Waals surface area (Å²) in [7, 11) is 0. The van der Waals surface area contributed by atoms with Gasteiger partial charge in [0.1, 0.15) is 5.82 Å². The fourth-order valence-corrected chi connectivity index (χ4v) is 2.89. The number of carbonyl (C=O) groups excluding carboxylic acids is 1. The number of benzene rings is 2. The number of nitrogens with zero attached hydrogens (tertiary/aromatic N) is 3. The van der Waals surface area contributed by atoms with Gasteiger partial charge in [-0.15, -0.1) is 0 Å². The third-order valence-electron chi connectivity index (χ3n) is 4.11. The minimum Gasteiger partial charge on any atom is -0.322 e. The van der Waals surface area contributed by atoms with E-state index in [1.807, 2.05) is 23.1 Å². The van der Waals surface area contributed by atoms with Gasteiger partial charge in [-0.05, 0) is 36.2 Å². The highest BCUT2D eigenvalue weighted by Gasteiger charge is 2.22. The molecule has 2 heterocycles. The van der Waals surface area contributed by atoms with Crippen LogP contribution in [0.5, 0.6) is 0 Å². The van der Waals surface area contributed by atoms with Gasteiger partial charge < -0.3 is 10.2 Å². The summed E-state index contributed by atoms with van der Waals surface area (Å²) in [5.41, 5.74) is 3.07. The van der Waals surface area contributed by atoms with E-state index in [1.165, 1.54) is 36.2 Å². The van der Waals surface area contributed by atoms with E-state index in [-0.39, 0.29) is 5.91 Å². The zero-order valence-electron chi connectivity index (χ0n) is 13.3. The van der Waals surface area contributed by atoms with Crippen LogP contribution in [-0.2, 0) is 6.42 Å². The molecule has 0 radical (unpaired) electrons. The van der Waals surface area contributed by atoms with Crippen molar-refractivity contribution >= 4 is 23.2 Å². The Morgan fingerprint density at radius 1 is 1.08 bits per heavy atom. The van der Waals surface area contributed by atoms with E-state index in [9.17, 15) is 9.18 Å². The van der Waals surface area contributed by atoms with Gasteiger partial charge in [0.2, 0.25) is 5.95 Å². The average Bonchev–Trinajstić information content (AvgIpc) is 3.06. The number of amides is 1. The molecule has 124 valence electrons. The zero-order valence-corrected chi connectivity index (χ0v) is 13.3. The second kappa shape index (κ2) is 6.32. The van der Waals surface area contributed by atoms with Crippen molar-refractivity contribution in [3.05, 3.63) is 77.9 Å². The first-order valence-corrected chi connectivity index (χ1v) is 7.95. The van der Waals surface area contributed by atoms with Crippen molar-refractivity contribution in [3.63, 3.8) is 0 Å². The molecule has 0 fully saturated rings. The summed E-state index contributed by atoms with van der Waals surface area (Å²) in [5.74, 6) is -0.219. The third-order valence-corrected chi connectivity index (χ3v) is 4.11. The van der Waals surface area contributed by atoms with Crippen molar-refractivity contribution in [1.29, 1.82) is 0 Å². The number of hydrogen-bond donors (Lipinski definition) is 1. The molecule has 1 aromatic heterocycles. The summed E-state index contributed by atoms with van der Waals surface area (Å²) in [6, 6.07) is 13.9. The van der Waals surface area contributed by atoms with Gasteiger partial charge in [0, 0.05) is 30.3 Å². The molecule has 1 amide bonds. The Morgan fingerprint density at radius 3 is 2.68 bits per heavy atom. The second-order valence-corrected chi connectivity index (χ2v) is 5.77. The maximum atomic E-state index is 13.2. The minimum atomic E-state index is -0.405. The van der Waals surface area contributed by atoms with Crippen LogP contribution >= 0.6 is 0 Å². The maximum absolute atomic E-state index is 13.2. The van der Waals surface area contributed by atoms with Gasteiger partial charge in [0.25, 0.3) is 5.91 Å². The number of halogens is 1. The van der Waals surface area contributed by atoms with Gasteiger partial charge >= 0.3 is 0 Å². The number of anilines is 3. The number of fused-ring (bicyclic) bond motifs is 1. The normalized spacial score (nSPS) is 12.8. The Labute approximate surface area is 144 Å². The molecule has 6 heteroatoms. The number of carbonyl (C=O) groups is 1. The summed E-state index contributed by atoms with van der Waals surface area (Å²) >= 11 is 0. The lowest BCUT2D eigenvalue weighted by atomic mass is 10.2. The molecule has 0 spiro atoms. The van der Waals surface area contributed by atoms with Crippen LogP contribution in [-0.4, -0.2) is 22.4 Å². The molecule has 0 bridgehead atoms. The van der Waals surface area contributed by atoms with Crippen LogP contribution in [0.25, 0.3) is 0 Å². The van der Waals surface area contributed by atoms with Gasteiger partial charge in [-0.2, -0.15) is 0 Å². The van der Waals surface area contributed by atoms with Crippen molar-refractivity contribution in [2.75, 3.05) is 16.8 Å². The molecule has 0 saturated heterocycles. The van der Waals surface area contributed by atoms with Crippen molar-refractivity contribution in [2.45, 2.75) is 6.42 Å². The monoisotopic (exact) mass is 334 g/mol. The number of para-hydroxylation sites is 1. The van der Waals surface area contributed by atoms with Gasteiger partial charge in [-0.1, -0.05) is 24.3 Å². The molecule has 0 saturated carbocycles. The Bertz CT molecular complexity index is 927. The van der Waals surface area contributed by atoms with Crippen LogP contribution in [0.15, 0.2) is 60.9 Å².